The molecule has 2 heterocycles. The van der Waals surface area contributed by atoms with Crippen LogP contribution in [-0.2, 0) is 26.3 Å². The van der Waals surface area contributed by atoms with Crippen molar-refractivity contribution in [2.45, 2.75) is 58.9 Å². The Bertz CT molecular complexity index is 1250. The lowest BCUT2D eigenvalue weighted by Gasteiger charge is -2.43. The summed E-state index contributed by atoms with van der Waals surface area (Å²) in [5.41, 5.74) is 1.54. The van der Waals surface area contributed by atoms with Crippen LogP contribution in [0, 0.1) is 11.3 Å². The molecule has 1 fully saturated rings. The number of nitrogens with one attached hydrogen (secondary N) is 2. The Hall–Kier alpha value is -2.61. The van der Waals surface area contributed by atoms with Crippen molar-refractivity contribution in [3.05, 3.63) is 63.6 Å². The van der Waals surface area contributed by atoms with Crippen LogP contribution in [0.5, 0.6) is 0 Å². The number of carbonyl (C=O) groups excluding carboxylic acids is 3. The lowest BCUT2D eigenvalue weighted by molar-refractivity contribution is -0.133. The number of likely N-dealkylation sites (tertiary alicyclic amines) is 1. The molecule has 2 aliphatic rings. The lowest BCUT2D eigenvalue weighted by atomic mass is 9.81. The normalized spacial score (nSPS) is 19.5. The number of hydrogen-bond donors (Lipinski definition) is 2. The number of benzene rings is 2. The number of anilines is 1. The van der Waals surface area contributed by atoms with Crippen molar-refractivity contribution in [2.24, 2.45) is 11.3 Å². The summed E-state index contributed by atoms with van der Waals surface area (Å²) in [6.07, 6.45) is 2.50. The molecule has 0 bridgehead atoms. The second-order valence-electron chi connectivity index (χ2n) is 12.2. The number of amides is 3. The van der Waals surface area contributed by atoms with Crippen LogP contribution in [0.1, 0.15) is 58.1 Å². The van der Waals surface area contributed by atoms with Gasteiger partial charge in [0.1, 0.15) is 5.54 Å². The van der Waals surface area contributed by atoms with E-state index in [1.165, 1.54) is 0 Å². The molecule has 0 spiro atoms. The maximum absolute atomic E-state index is 14.0. The molecule has 216 valence electrons. The average molecular weight is 588 g/mol. The van der Waals surface area contributed by atoms with Gasteiger partial charge in [-0.15, -0.1) is 0 Å². The Morgan fingerprint density at radius 1 is 1.10 bits per heavy atom. The maximum Gasteiger partial charge on any atom is 0.249 e. The molecule has 9 heteroatoms. The molecular formula is C31H40Cl2N4O3. The van der Waals surface area contributed by atoms with Crippen LogP contribution in [0.4, 0.5) is 5.69 Å². The zero-order chi connectivity index (χ0) is 29.1. The van der Waals surface area contributed by atoms with E-state index in [1.807, 2.05) is 36.4 Å². The summed E-state index contributed by atoms with van der Waals surface area (Å²) in [7, 11) is 0. The zero-order valence-electron chi connectivity index (χ0n) is 23.9. The molecule has 7 nitrogen and oxygen atoms in total. The number of fused-ring (bicyclic) bond motifs is 1. The van der Waals surface area contributed by atoms with Crippen molar-refractivity contribution in [3.8, 4) is 0 Å². The molecule has 4 rings (SSSR count). The fraction of sp³-hybridized carbons (Fsp3) is 0.516. The second-order valence-corrected chi connectivity index (χ2v) is 13.1. The number of carbonyl (C=O) groups is 3. The molecule has 2 N–H and O–H groups in total. The highest BCUT2D eigenvalue weighted by Gasteiger charge is 2.51. The first-order valence-corrected chi connectivity index (χ1v) is 14.8. The van der Waals surface area contributed by atoms with E-state index in [4.69, 9.17) is 23.2 Å². The lowest BCUT2D eigenvalue weighted by Crippen LogP contribution is -2.55. The maximum atomic E-state index is 14.0. The third-order valence-corrected chi connectivity index (χ3v) is 8.29. The summed E-state index contributed by atoms with van der Waals surface area (Å²) in [5, 5.41) is 7.40. The van der Waals surface area contributed by atoms with Gasteiger partial charge in [-0.05, 0) is 54.5 Å². The van der Waals surface area contributed by atoms with Crippen LogP contribution in [0.15, 0.2) is 42.5 Å². The van der Waals surface area contributed by atoms with Crippen molar-refractivity contribution in [1.82, 2.24) is 15.1 Å². The molecule has 40 heavy (non-hydrogen) atoms. The van der Waals surface area contributed by atoms with E-state index in [9.17, 15) is 14.4 Å². The van der Waals surface area contributed by atoms with E-state index < -0.39 is 5.54 Å². The summed E-state index contributed by atoms with van der Waals surface area (Å²) in [4.78, 5) is 42.5. The van der Waals surface area contributed by atoms with Gasteiger partial charge in [0.25, 0.3) is 0 Å². The van der Waals surface area contributed by atoms with E-state index in [0.29, 0.717) is 68.5 Å². The number of halogens is 2. The third-order valence-electron chi connectivity index (χ3n) is 7.82. The Balaban J connectivity index is 1.54. The van der Waals surface area contributed by atoms with Gasteiger partial charge in [-0.25, -0.2) is 0 Å². The van der Waals surface area contributed by atoms with Crippen LogP contribution < -0.4 is 10.6 Å². The monoisotopic (exact) mass is 586 g/mol. The Morgan fingerprint density at radius 2 is 1.80 bits per heavy atom. The first kappa shape index (κ1) is 30.4. The van der Waals surface area contributed by atoms with Gasteiger partial charge in [0.05, 0.1) is 0 Å². The fourth-order valence-electron chi connectivity index (χ4n) is 5.93. The highest BCUT2D eigenvalue weighted by molar-refractivity contribution is 6.31. The molecular weight excluding hydrogens is 547 g/mol. The standard InChI is InChI=1S/C31H40Cl2N4O3/c1-21(38)36-15-11-23(12-16-36)28(39)34-13-6-14-37(20-30(2,3)4)31(19-22-7-5-8-24(32)17-22)26-10-9-25(33)18-27(26)35-29(31)40/h5,7-10,17-18,23H,6,11-16,19-20H2,1-4H3,(H,34,39)(H,35,40). The fourth-order valence-corrected chi connectivity index (χ4v) is 6.32. The number of nitrogens with zero attached hydrogens (tertiary/aromatic N) is 2. The highest BCUT2D eigenvalue weighted by atomic mass is 35.5. The van der Waals surface area contributed by atoms with Crippen LogP contribution in [0.2, 0.25) is 10.0 Å². The van der Waals surface area contributed by atoms with Crippen molar-refractivity contribution >= 4 is 46.6 Å². The molecule has 2 aliphatic heterocycles. The van der Waals surface area contributed by atoms with E-state index in [2.05, 4.69) is 36.3 Å². The largest absolute Gasteiger partial charge is 0.356 e. The summed E-state index contributed by atoms with van der Waals surface area (Å²) >= 11 is 12.7. The first-order chi connectivity index (χ1) is 18.9. The molecule has 2 aromatic carbocycles. The molecule has 1 saturated heterocycles. The topological polar surface area (TPSA) is 81.8 Å². The van der Waals surface area contributed by atoms with Crippen LogP contribution >= 0.6 is 23.2 Å². The van der Waals surface area contributed by atoms with Gasteiger partial charge in [0.15, 0.2) is 0 Å². The van der Waals surface area contributed by atoms with Crippen LogP contribution in [0.3, 0.4) is 0 Å². The number of piperidine rings is 1. The van der Waals surface area contributed by atoms with Gasteiger partial charge in [-0.1, -0.05) is 62.2 Å². The summed E-state index contributed by atoms with van der Waals surface area (Å²) in [6, 6.07) is 13.2. The Kier molecular flexibility index (Phi) is 9.48. The summed E-state index contributed by atoms with van der Waals surface area (Å²) < 4.78 is 0. The van der Waals surface area contributed by atoms with E-state index in [1.54, 1.807) is 17.9 Å². The van der Waals surface area contributed by atoms with Gasteiger partial charge in [-0.2, -0.15) is 0 Å². The predicted molar refractivity (Wildman–Crippen MR) is 161 cm³/mol. The van der Waals surface area contributed by atoms with E-state index in [-0.39, 0.29) is 29.1 Å². The minimum atomic E-state index is -0.957. The molecule has 0 aliphatic carbocycles. The van der Waals surface area contributed by atoms with Gasteiger partial charge >= 0.3 is 0 Å². The smallest absolute Gasteiger partial charge is 0.249 e. The molecule has 1 atom stereocenters. The summed E-state index contributed by atoms with van der Waals surface area (Å²) in [6.45, 7) is 11.1. The van der Waals surface area contributed by atoms with Crippen molar-refractivity contribution in [1.29, 1.82) is 0 Å². The molecule has 0 aromatic heterocycles. The highest BCUT2D eigenvalue weighted by Crippen LogP contribution is 2.45. The van der Waals surface area contributed by atoms with Gasteiger partial charge in [0, 0.05) is 73.3 Å². The van der Waals surface area contributed by atoms with E-state index in [0.717, 1.165) is 16.8 Å². The molecule has 2 aromatic rings. The zero-order valence-corrected chi connectivity index (χ0v) is 25.4. The Labute approximate surface area is 247 Å². The number of hydrogen-bond acceptors (Lipinski definition) is 4. The molecule has 0 radical (unpaired) electrons. The second kappa shape index (κ2) is 12.5. The molecule has 3 amide bonds. The minimum Gasteiger partial charge on any atom is -0.356 e. The average Bonchev–Trinajstić information content (AvgIpc) is 3.15. The molecule has 0 saturated carbocycles. The molecule has 1 unspecified atom stereocenters. The minimum absolute atomic E-state index is 0.0396. The SMILES string of the molecule is CC(=O)N1CCC(C(=O)NCCCN(CC(C)(C)C)C2(Cc3cccc(Cl)c3)C(=O)Nc3cc(Cl)ccc32)CC1. The van der Waals surface area contributed by atoms with Gasteiger partial charge in [-0.3, -0.25) is 19.3 Å². The van der Waals surface area contributed by atoms with Gasteiger partial charge in [0.2, 0.25) is 17.7 Å². The van der Waals surface area contributed by atoms with Crippen molar-refractivity contribution < 1.29 is 14.4 Å². The first-order valence-electron chi connectivity index (χ1n) is 14.0. The van der Waals surface area contributed by atoms with Crippen molar-refractivity contribution in [2.75, 3.05) is 38.0 Å². The van der Waals surface area contributed by atoms with Gasteiger partial charge < -0.3 is 15.5 Å². The van der Waals surface area contributed by atoms with Crippen LogP contribution in [-0.4, -0.2) is 60.2 Å². The predicted octanol–water partition coefficient (Wildman–Crippen LogP) is 5.50. The van der Waals surface area contributed by atoms with Crippen molar-refractivity contribution in [3.63, 3.8) is 0 Å². The van der Waals surface area contributed by atoms with Crippen LogP contribution in [0.25, 0.3) is 0 Å². The summed E-state index contributed by atoms with van der Waals surface area (Å²) in [5.74, 6) is -0.0648. The number of rotatable bonds is 9. The quantitative estimate of drug-likeness (QED) is 0.380. The Morgan fingerprint density at radius 3 is 2.45 bits per heavy atom. The van der Waals surface area contributed by atoms with E-state index >= 15 is 0 Å². The third kappa shape index (κ3) is 6.99.